The number of likely N-dealkylation sites (tertiary alicyclic amines) is 1. The second-order valence-corrected chi connectivity index (χ2v) is 8.02. The number of hydrogen-bond acceptors (Lipinski definition) is 6. The Hall–Kier alpha value is -2.09. The van der Waals surface area contributed by atoms with Crippen molar-refractivity contribution in [3.63, 3.8) is 0 Å². The molecule has 0 bridgehead atoms. The van der Waals surface area contributed by atoms with Crippen molar-refractivity contribution in [3.05, 3.63) is 57.8 Å². The third-order valence-corrected chi connectivity index (χ3v) is 6.24. The highest BCUT2D eigenvalue weighted by Crippen LogP contribution is 2.34. The topological polar surface area (TPSA) is 71.9 Å². The first-order chi connectivity index (χ1) is 13.1. The Morgan fingerprint density at radius 2 is 2.04 bits per heavy atom. The molecule has 27 heavy (non-hydrogen) atoms. The average molecular weight is 420 g/mol. The summed E-state index contributed by atoms with van der Waals surface area (Å²) in [7, 11) is 0. The van der Waals surface area contributed by atoms with Gasteiger partial charge in [-0.2, -0.15) is 4.37 Å². The summed E-state index contributed by atoms with van der Waals surface area (Å²) in [6, 6.07) is 3.87. The van der Waals surface area contributed by atoms with Crippen LogP contribution in [0.25, 0.3) is 11.1 Å². The maximum Gasteiger partial charge on any atom is 0.275 e. The van der Waals surface area contributed by atoms with Gasteiger partial charge in [0.1, 0.15) is 15.7 Å². The Labute approximate surface area is 170 Å². The van der Waals surface area contributed by atoms with Crippen LogP contribution in [-0.2, 0) is 0 Å². The summed E-state index contributed by atoms with van der Waals surface area (Å²) in [5, 5.41) is 0.230. The number of carbonyl (C=O) groups excluding carboxylic acids is 1. The van der Waals surface area contributed by atoms with Gasteiger partial charge in [0.2, 0.25) is 0 Å². The van der Waals surface area contributed by atoms with Gasteiger partial charge in [-0.15, -0.1) is 0 Å². The molecule has 138 valence electrons. The van der Waals surface area contributed by atoms with E-state index in [1.165, 1.54) is 0 Å². The quantitative estimate of drug-likeness (QED) is 0.631. The number of amides is 1. The van der Waals surface area contributed by atoms with Crippen LogP contribution >= 0.6 is 34.7 Å². The van der Waals surface area contributed by atoms with E-state index in [-0.39, 0.29) is 22.5 Å². The third-order valence-electron chi connectivity index (χ3n) is 4.63. The molecule has 0 aromatic carbocycles. The molecule has 0 spiro atoms. The van der Waals surface area contributed by atoms with E-state index in [0.717, 1.165) is 41.2 Å². The number of pyridine rings is 1. The van der Waals surface area contributed by atoms with Crippen LogP contribution in [0.4, 0.5) is 0 Å². The van der Waals surface area contributed by atoms with Crippen molar-refractivity contribution in [2.75, 3.05) is 13.1 Å². The lowest BCUT2D eigenvalue weighted by Gasteiger charge is -2.32. The second-order valence-electron chi connectivity index (χ2n) is 6.27. The molecule has 6 nitrogen and oxygen atoms in total. The summed E-state index contributed by atoms with van der Waals surface area (Å²) in [5.41, 5.74) is 3.15. The lowest BCUT2D eigenvalue weighted by molar-refractivity contribution is 0.0701. The predicted octanol–water partition coefficient (Wildman–Crippen LogP) is 4.32. The van der Waals surface area contributed by atoms with Crippen molar-refractivity contribution in [2.24, 2.45) is 0 Å². The number of nitrogens with zero attached hydrogens (tertiary/aromatic N) is 5. The highest BCUT2D eigenvalue weighted by Gasteiger charge is 2.30. The fourth-order valence-corrected chi connectivity index (χ4v) is 4.33. The standard InChI is InChI=1S/C18H15Cl2N5OS/c19-14-16(24-27-17(14)20)18(26)25-7-1-2-12(9-25)15-13(8-22-10-23-15)11-3-5-21-6-4-11/h3-6,8,10,12H,1-2,7,9H2/t12-/m1/s1. The molecule has 3 aromatic rings. The van der Waals surface area contributed by atoms with E-state index >= 15 is 0 Å². The number of aromatic nitrogens is 4. The number of rotatable bonds is 3. The van der Waals surface area contributed by atoms with Gasteiger partial charge >= 0.3 is 0 Å². The lowest BCUT2D eigenvalue weighted by Crippen LogP contribution is -2.39. The SMILES string of the molecule is O=C(c1nsc(Cl)c1Cl)N1CCC[C@@H](c2ncncc2-c2ccncc2)C1. The van der Waals surface area contributed by atoms with Crippen LogP contribution in [-0.4, -0.2) is 43.2 Å². The van der Waals surface area contributed by atoms with Gasteiger partial charge in [0, 0.05) is 43.2 Å². The molecule has 1 fully saturated rings. The minimum atomic E-state index is -0.188. The Morgan fingerprint density at radius 1 is 1.22 bits per heavy atom. The Bertz CT molecular complexity index is 965. The van der Waals surface area contributed by atoms with Crippen LogP contribution < -0.4 is 0 Å². The molecule has 1 aliphatic rings. The van der Waals surface area contributed by atoms with Crippen molar-refractivity contribution in [1.82, 2.24) is 24.2 Å². The van der Waals surface area contributed by atoms with Crippen LogP contribution in [0.2, 0.25) is 9.36 Å². The summed E-state index contributed by atoms with van der Waals surface area (Å²) in [5.74, 6) is -0.0749. The van der Waals surface area contributed by atoms with Gasteiger partial charge in [-0.1, -0.05) is 23.2 Å². The van der Waals surface area contributed by atoms with E-state index in [0.29, 0.717) is 17.4 Å². The molecule has 0 unspecified atom stereocenters. The van der Waals surface area contributed by atoms with E-state index in [1.807, 2.05) is 18.3 Å². The minimum Gasteiger partial charge on any atom is -0.337 e. The maximum absolute atomic E-state index is 12.9. The van der Waals surface area contributed by atoms with Crippen LogP contribution in [0.1, 0.15) is 34.9 Å². The first kappa shape index (κ1) is 18.3. The first-order valence-electron chi connectivity index (χ1n) is 8.45. The smallest absolute Gasteiger partial charge is 0.275 e. The maximum atomic E-state index is 12.9. The molecule has 3 aromatic heterocycles. The molecule has 1 atom stereocenters. The number of piperidine rings is 1. The van der Waals surface area contributed by atoms with Crippen LogP contribution in [0.15, 0.2) is 37.1 Å². The zero-order valence-corrected chi connectivity index (χ0v) is 16.5. The van der Waals surface area contributed by atoms with E-state index in [4.69, 9.17) is 23.2 Å². The zero-order chi connectivity index (χ0) is 18.8. The average Bonchev–Trinajstić information content (AvgIpc) is 3.07. The summed E-state index contributed by atoms with van der Waals surface area (Å²) in [6.45, 7) is 1.22. The van der Waals surface area contributed by atoms with Gasteiger partial charge in [0.05, 0.1) is 5.69 Å². The fourth-order valence-electron chi connectivity index (χ4n) is 3.34. The van der Waals surface area contributed by atoms with Gasteiger partial charge < -0.3 is 4.90 Å². The van der Waals surface area contributed by atoms with Gasteiger partial charge in [-0.05, 0) is 42.1 Å². The summed E-state index contributed by atoms with van der Waals surface area (Å²) in [6.07, 6.45) is 8.69. The van der Waals surface area contributed by atoms with Gasteiger partial charge in [-0.25, -0.2) is 9.97 Å². The van der Waals surface area contributed by atoms with Crippen molar-refractivity contribution in [2.45, 2.75) is 18.8 Å². The minimum absolute atomic E-state index is 0.113. The highest BCUT2D eigenvalue weighted by atomic mass is 35.5. The van der Waals surface area contributed by atoms with E-state index in [9.17, 15) is 4.79 Å². The molecule has 0 aliphatic carbocycles. The molecule has 1 saturated heterocycles. The van der Waals surface area contributed by atoms with E-state index in [2.05, 4.69) is 19.3 Å². The first-order valence-corrected chi connectivity index (χ1v) is 9.98. The zero-order valence-electron chi connectivity index (χ0n) is 14.2. The van der Waals surface area contributed by atoms with Crippen LogP contribution in [0.5, 0.6) is 0 Å². The van der Waals surface area contributed by atoms with Gasteiger partial charge in [0.15, 0.2) is 5.69 Å². The third kappa shape index (κ3) is 3.67. The number of carbonyl (C=O) groups is 1. The van der Waals surface area contributed by atoms with Crippen LogP contribution in [0, 0.1) is 0 Å². The largest absolute Gasteiger partial charge is 0.337 e. The Kier molecular flexibility index (Phi) is 5.33. The predicted molar refractivity (Wildman–Crippen MR) is 105 cm³/mol. The molecule has 0 radical (unpaired) electrons. The molecular formula is C18H15Cl2N5OS. The summed E-state index contributed by atoms with van der Waals surface area (Å²) in [4.78, 5) is 27.4. The summed E-state index contributed by atoms with van der Waals surface area (Å²) >= 11 is 13.1. The van der Waals surface area contributed by atoms with E-state index < -0.39 is 0 Å². The van der Waals surface area contributed by atoms with Crippen molar-refractivity contribution in [1.29, 1.82) is 0 Å². The molecule has 1 amide bonds. The summed E-state index contributed by atoms with van der Waals surface area (Å²) < 4.78 is 4.44. The van der Waals surface area contributed by atoms with Crippen molar-refractivity contribution >= 4 is 40.6 Å². The monoisotopic (exact) mass is 419 g/mol. The molecule has 0 saturated carbocycles. The Balaban J connectivity index is 1.61. The molecule has 1 aliphatic heterocycles. The molecule has 4 heterocycles. The molecule has 4 rings (SSSR count). The molecular weight excluding hydrogens is 405 g/mol. The fraction of sp³-hybridized carbons (Fsp3) is 0.278. The highest BCUT2D eigenvalue weighted by molar-refractivity contribution is 7.11. The van der Waals surface area contributed by atoms with Crippen molar-refractivity contribution < 1.29 is 4.79 Å². The van der Waals surface area contributed by atoms with E-state index in [1.54, 1.807) is 23.6 Å². The number of hydrogen-bond donors (Lipinski definition) is 0. The van der Waals surface area contributed by atoms with Gasteiger partial charge in [0.25, 0.3) is 5.91 Å². The second kappa shape index (κ2) is 7.88. The normalized spacial score (nSPS) is 17.1. The molecule has 9 heteroatoms. The molecule has 0 N–H and O–H groups in total. The number of halogens is 2. The van der Waals surface area contributed by atoms with Crippen LogP contribution in [0.3, 0.4) is 0 Å². The lowest BCUT2D eigenvalue weighted by atomic mass is 9.90. The van der Waals surface area contributed by atoms with Crippen molar-refractivity contribution in [3.8, 4) is 11.1 Å². The Morgan fingerprint density at radius 3 is 2.78 bits per heavy atom. The van der Waals surface area contributed by atoms with Gasteiger partial charge in [-0.3, -0.25) is 9.78 Å².